The van der Waals surface area contributed by atoms with E-state index in [-0.39, 0.29) is 6.04 Å². The molecular formula is C23H16ClNO2. The predicted molar refractivity (Wildman–Crippen MR) is 107 cm³/mol. The van der Waals surface area contributed by atoms with Crippen LogP contribution in [0.3, 0.4) is 0 Å². The Morgan fingerprint density at radius 1 is 0.852 bits per heavy atom. The molecule has 0 aliphatic carbocycles. The highest BCUT2D eigenvalue weighted by Crippen LogP contribution is 2.36. The lowest BCUT2D eigenvalue weighted by Crippen LogP contribution is -2.11. The first-order valence-corrected chi connectivity index (χ1v) is 8.97. The van der Waals surface area contributed by atoms with E-state index < -0.39 is 5.78 Å². The molecule has 0 spiro atoms. The number of hydrogen-bond acceptors (Lipinski definition) is 2. The lowest BCUT2D eigenvalue weighted by atomic mass is 9.98. The van der Waals surface area contributed by atoms with Crippen molar-refractivity contribution in [2.24, 2.45) is 0 Å². The van der Waals surface area contributed by atoms with E-state index in [1.54, 1.807) is 18.3 Å². The van der Waals surface area contributed by atoms with Crippen molar-refractivity contribution in [2.75, 3.05) is 0 Å². The van der Waals surface area contributed by atoms with Gasteiger partial charge < -0.3 is 4.57 Å². The summed E-state index contributed by atoms with van der Waals surface area (Å²) in [6.45, 7) is 0. The summed E-state index contributed by atoms with van der Waals surface area (Å²) in [6.07, 6.45) is 2.08. The smallest absolute Gasteiger partial charge is 0.227 e. The quantitative estimate of drug-likeness (QED) is 0.270. The van der Waals surface area contributed by atoms with E-state index in [4.69, 9.17) is 11.6 Å². The number of ketones is 1. The molecule has 4 aromatic rings. The van der Waals surface area contributed by atoms with Gasteiger partial charge in [-0.3, -0.25) is 9.59 Å². The average molecular weight is 374 g/mol. The van der Waals surface area contributed by atoms with Gasteiger partial charge in [-0.25, -0.2) is 0 Å². The molecule has 4 rings (SSSR count). The second-order valence-corrected chi connectivity index (χ2v) is 6.70. The Bertz CT molecular complexity index is 1080. The van der Waals surface area contributed by atoms with Crippen LogP contribution < -0.4 is 0 Å². The van der Waals surface area contributed by atoms with Crippen LogP contribution in [0.2, 0.25) is 5.02 Å². The van der Waals surface area contributed by atoms with E-state index in [9.17, 15) is 9.59 Å². The van der Waals surface area contributed by atoms with E-state index in [1.807, 2.05) is 71.3 Å². The van der Waals surface area contributed by atoms with E-state index in [0.29, 0.717) is 22.3 Å². The molecule has 1 aromatic heterocycles. The number of Topliss-reactive ketones (excluding diaryl/α,β-unsaturated/α-hetero) is 1. The molecule has 27 heavy (non-hydrogen) atoms. The largest absolute Gasteiger partial charge is 0.334 e. The van der Waals surface area contributed by atoms with Gasteiger partial charge in [0.05, 0.1) is 22.1 Å². The topological polar surface area (TPSA) is 39.1 Å². The number of carbonyl (C=O) groups excluding carboxylic acids is 2. The highest BCUT2D eigenvalue weighted by molar-refractivity contribution is 6.39. The van der Waals surface area contributed by atoms with Gasteiger partial charge in [-0.05, 0) is 17.2 Å². The number of fused-ring (bicyclic) bond motifs is 1. The fourth-order valence-electron chi connectivity index (χ4n) is 3.52. The number of para-hydroxylation sites is 1. The normalized spacial score (nSPS) is 11.0. The first-order chi connectivity index (χ1) is 13.2. The van der Waals surface area contributed by atoms with Crippen molar-refractivity contribution >= 4 is 34.6 Å². The van der Waals surface area contributed by atoms with Crippen LogP contribution in [0.1, 0.15) is 27.5 Å². The first kappa shape index (κ1) is 17.3. The summed E-state index contributed by atoms with van der Waals surface area (Å²) in [5.41, 5.74) is 3.22. The Hall–Kier alpha value is -3.17. The number of hydrogen-bond donors (Lipinski definition) is 0. The zero-order valence-electron chi connectivity index (χ0n) is 14.4. The number of halogens is 1. The van der Waals surface area contributed by atoms with Gasteiger partial charge in [0.2, 0.25) is 5.78 Å². The number of benzene rings is 3. The second kappa shape index (κ2) is 7.22. The fourth-order valence-corrected chi connectivity index (χ4v) is 3.79. The Morgan fingerprint density at radius 2 is 1.44 bits per heavy atom. The molecule has 0 amide bonds. The van der Waals surface area contributed by atoms with E-state index >= 15 is 0 Å². The van der Waals surface area contributed by atoms with E-state index in [0.717, 1.165) is 16.6 Å². The summed E-state index contributed by atoms with van der Waals surface area (Å²) in [7, 11) is 0. The molecule has 0 fully saturated rings. The summed E-state index contributed by atoms with van der Waals surface area (Å²) in [6, 6.07) is 25.3. The SMILES string of the molecule is O=CC(=O)c1cn(C(c2ccccc2)c2ccccc2)c2c(Cl)cccc12. The molecule has 0 radical (unpaired) electrons. The molecule has 0 bridgehead atoms. The van der Waals surface area contributed by atoms with Gasteiger partial charge in [-0.1, -0.05) is 84.4 Å². The third-order valence-corrected chi connectivity index (χ3v) is 4.99. The van der Waals surface area contributed by atoms with E-state index in [2.05, 4.69) is 0 Å². The maximum Gasteiger partial charge on any atom is 0.227 e. The number of rotatable bonds is 5. The van der Waals surface area contributed by atoms with Crippen LogP contribution >= 0.6 is 11.6 Å². The maximum absolute atomic E-state index is 12.2. The molecule has 1 heterocycles. The fraction of sp³-hybridized carbons (Fsp3) is 0.0435. The summed E-state index contributed by atoms with van der Waals surface area (Å²) < 4.78 is 1.99. The molecule has 3 nitrogen and oxygen atoms in total. The van der Waals surface area contributed by atoms with Crippen molar-refractivity contribution in [1.29, 1.82) is 0 Å². The van der Waals surface area contributed by atoms with Crippen molar-refractivity contribution in [2.45, 2.75) is 6.04 Å². The number of carbonyl (C=O) groups is 2. The molecule has 0 aliphatic rings. The Kier molecular flexibility index (Phi) is 4.61. The van der Waals surface area contributed by atoms with Crippen LogP contribution in [0.25, 0.3) is 10.9 Å². The van der Waals surface area contributed by atoms with Gasteiger partial charge in [0.15, 0.2) is 6.29 Å². The molecule has 0 aliphatic heterocycles. The van der Waals surface area contributed by atoms with Gasteiger partial charge in [-0.15, -0.1) is 0 Å². The average Bonchev–Trinajstić information content (AvgIpc) is 3.10. The van der Waals surface area contributed by atoms with Crippen molar-refractivity contribution in [3.63, 3.8) is 0 Å². The Balaban J connectivity index is 2.05. The molecule has 0 saturated carbocycles. The zero-order chi connectivity index (χ0) is 18.8. The summed E-state index contributed by atoms with van der Waals surface area (Å²) in [4.78, 5) is 23.4. The maximum atomic E-state index is 12.2. The third-order valence-electron chi connectivity index (χ3n) is 4.68. The lowest BCUT2D eigenvalue weighted by molar-refractivity contribution is -0.104. The van der Waals surface area contributed by atoms with Crippen LogP contribution in [-0.2, 0) is 4.79 Å². The van der Waals surface area contributed by atoms with Crippen molar-refractivity contribution in [3.8, 4) is 0 Å². The number of nitrogens with zero attached hydrogens (tertiary/aromatic N) is 1. The molecule has 0 unspecified atom stereocenters. The molecule has 132 valence electrons. The van der Waals surface area contributed by atoms with Crippen molar-refractivity contribution < 1.29 is 9.59 Å². The summed E-state index contributed by atoms with van der Waals surface area (Å²) in [5, 5.41) is 1.21. The van der Waals surface area contributed by atoms with Crippen LogP contribution in [0.15, 0.2) is 85.1 Å². The van der Waals surface area contributed by atoms with Crippen LogP contribution in [0.4, 0.5) is 0 Å². The molecule has 0 atom stereocenters. The highest BCUT2D eigenvalue weighted by atomic mass is 35.5. The summed E-state index contributed by atoms with van der Waals surface area (Å²) in [5.74, 6) is -0.555. The predicted octanol–water partition coefficient (Wildman–Crippen LogP) is 5.31. The second-order valence-electron chi connectivity index (χ2n) is 6.29. The first-order valence-electron chi connectivity index (χ1n) is 8.59. The Morgan fingerprint density at radius 3 is 2.00 bits per heavy atom. The standard InChI is InChI=1S/C23H16ClNO2/c24-20-13-7-12-18-19(21(27)15-26)14-25(23(18)20)22(16-8-3-1-4-9-16)17-10-5-2-6-11-17/h1-15,22H. The Labute approximate surface area is 161 Å². The monoisotopic (exact) mass is 373 g/mol. The van der Waals surface area contributed by atoms with Crippen LogP contribution in [0, 0.1) is 0 Å². The molecule has 3 aromatic carbocycles. The van der Waals surface area contributed by atoms with Crippen molar-refractivity contribution in [1.82, 2.24) is 4.57 Å². The van der Waals surface area contributed by atoms with Gasteiger partial charge in [0, 0.05) is 11.6 Å². The van der Waals surface area contributed by atoms with Gasteiger partial charge in [0.25, 0.3) is 0 Å². The van der Waals surface area contributed by atoms with Gasteiger partial charge in [-0.2, -0.15) is 0 Å². The van der Waals surface area contributed by atoms with Gasteiger partial charge in [0.1, 0.15) is 0 Å². The minimum atomic E-state index is -0.555. The minimum Gasteiger partial charge on any atom is -0.334 e. The number of aldehydes is 1. The molecule has 0 N–H and O–H groups in total. The van der Waals surface area contributed by atoms with Crippen molar-refractivity contribution in [3.05, 3.63) is 107 Å². The zero-order valence-corrected chi connectivity index (χ0v) is 15.1. The minimum absolute atomic E-state index is 0.178. The number of aromatic nitrogens is 1. The molecular weight excluding hydrogens is 358 g/mol. The third kappa shape index (κ3) is 3.07. The lowest BCUT2D eigenvalue weighted by Gasteiger charge is -2.22. The van der Waals surface area contributed by atoms with Crippen LogP contribution in [0.5, 0.6) is 0 Å². The van der Waals surface area contributed by atoms with Gasteiger partial charge >= 0.3 is 0 Å². The highest BCUT2D eigenvalue weighted by Gasteiger charge is 2.23. The molecule has 0 saturated heterocycles. The van der Waals surface area contributed by atoms with E-state index in [1.165, 1.54) is 0 Å². The van der Waals surface area contributed by atoms with Crippen LogP contribution in [-0.4, -0.2) is 16.6 Å². The molecule has 4 heteroatoms. The summed E-state index contributed by atoms with van der Waals surface area (Å²) >= 11 is 6.52.